The fourth-order valence-electron chi connectivity index (χ4n) is 2.75. The van der Waals surface area contributed by atoms with E-state index < -0.39 is 5.97 Å². The zero-order chi connectivity index (χ0) is 21.9. The minimum Gasteiger partial charge on any atom is -0.489 e. The normalized spacial score (nSPS) is 11.3. The maximum absolute atomic E-state index is 10.6. The van der Waals surface area contributed by atoms with Gasteiger partial charge in [-0.05, 0) is 41.5 Å². The van der Waals surface area contributed by atoms with Crippen molar-refractivity contribution in [3.8, 4) is 11.5 Å². The van der Waals surface area contributed by atoms with E-state index in [1.54, 1.807) is 24.3 Å². The summed E-state index contributed by atoms with van der Waals surface area (Å²) in [7, 11) is 1.51. The number of aliphatic carboxylic acids is 1. The molecule has 0 fully saturated rings. The third-order valence-electron chi connectivity index (χ3n) is 4.31. The minimum atomic E-state index is -0.977. The van der Waals surface area contributed by atoms with E-state index in [4.69, 9.17) is 19.4 Å². The molecule has 6 heteroatoms. The number of nitrogens with zero attached hydrogens (tertiary/aromatic N) is 1. The Bertz CT molecular complexity index is 1030. The van der Waals surface area contributed by atoms with E-state index in [1.165, 1.54) is 13.2 Å². The summed E-state index contributed by atoms with van der Waals surface area (Å²) in [6, 6.07) is 24.6. The summed E-state index contributed by atoms with van der Waals surface area (Å²) in [5.41, 5.74) is 3.44. The maximum atomic E-state index is 10.6. The Kier molecular flexibility index (Phi) is 7.83. The maximum Gasteiger partial charge on any atom is 0.328 e. The number of rotatable bonds is 10. The Hall–Kier alpha value is -4.06. The van der Waals surface area contributed by atoms with Crippen LogP contribution in [0.3, 0.4) is 0 Å². The molecule has 0 radical (unpaired) electrons. The molecule has 3 aromatic carbocycles. The standard InChI is InChI=1S/C25H23NO5/c1-29-26-24(21-5-3-2-4-6-21)18-31-23-14-9-20(10-15-23)17-30-22-12-7-19(8-13-22)11-16-25(27)28/h2-16H,17-18H2,1H3,(H,27,28)/b16-11+,26-24+. The molecule has 0 bridgehead atoms. The quantitative estimate of drug-likeness (QED) is 0.291. The van der Waals surface area contributed by atoms with Crippen molar-refractivity contribution < 1.29 is 24.2 Å². The lowest BCUT2D eigenvalue weighted by Crippen LogP contribution is -2.13. The molecule has 158 valence electrons. The molecule has 6 nitrogen and oxygen atoms in total. The van der Waals surface area contributed by atoms with Crippen molar-refractivity contribution in [3.05, 3.63) is 102 Å². The highest BCUT2D eigenvalue weighted by molar-refractivity contribution is 6.01. The Labute approximate surface area is 181 Å². The molecule has 3 rings (SSSR count). The number of oxime groups is 1. The average Bonchev–Trinajstić information content (AvgIpc) is 2.81. The summed E-state index contributed by atoms with van der Waals surface area (Å²) in [6.07, 6.45) is 2.63. The van der Waals surface area contributed by atoms with Gasteiger partial charge in [0.05, 0.1) is 0 Å². The van der Waals surface area contributed by atoms with Crippen LogP contribution in [0.2, 0.25) is 0 Å². The summed E-state index contributed by atoms with van der Waals surface area (Å²) in [5, 5.41) is 12.7. The Balaban J connectivity index is 1.52. The third-order valence-corrected chi connectivity index (χ3v) is 4.31. The highest BCUT2D eigenvalue weighted by Crippen LogP contribution is 2.17. The van der Waals surface area contributed by atoms with Crippen LogP contribution in [0.1, 0.15) is 16.7 Å². The summed E-state index contributed by atoms with van der Waals surface area (Å²) in [4.78, 5) is 15.5. The van der Waals surface area contributed by atoms with Crippen molar-refractivity contribution in [1.82, 2.24) is 0 Å². The molecule has 0 unspecified atom stereocenters. The topological polar surface area (TPSA) is 77.3 Å². The molecule has 1 N–H and O–H groups in total. The largest absolute Gasteiger partial charge is 0.489 e. The first-order valence-corrected chi connectivity index (χ1v) is 9.65. The lowest BCUT2D eigenvalue weighted by molar-refractivity contribution is -0.131. The number of benzene rings is 3. The zero-order valence-electron chi connectivity index (χ0n) is 17.1. The molecule has 31 heavy (non-hydrogen) atoms. The highest BCUT2D eigenvalue weighted by Gasteiger charge is 2.06. The number of carbonyl (C=O) groups is 1. The molecule has 0 spiro atoms. The lowest BCUT2D eigenvalue weighted by atomic mass is 10.1. The van der Waals surface area contributed by atoms with Gasteiger partial charge in [-0.2, -0.15) is 0 Å². The minimum absolute atomic E-state index is 0.288. The van der Waals surface area contributed by atoms with E-state index in [9.17, 15) is 4.79 Å². The summed E-state index contributed by atoms with van der Waals surface area (Å²) in [5.74, 6) is 0.448. The molecule has 0 aliphatic carbocycles. The van der Waals surface area contributed by atoms with Crippen LogP contribution in [-0.2, 0) is 16.2 Å². The van der Waals surface area contributed by atoms with Crippen LogP contribution < -0.4 is 9.47 Å². The Morgan fingerprint density at radius 1 is 0.903 bits per heavy atom. The van der Waals surface area contributed by atoms with E-state index >= 15 is 0 Å². The van der Waals surface area contributed by atoms with Crippen molar-refractivity contribution in [1.29, 1.82) is 0 Å². The van der Waals surface area contributed by atoms with Gasteiger partial charge in [-0.3, -0.25) is 0 Å². The molecular formula is C25H23NO5. The second-order valence-electron chi connectivity index (χ2n) is 6.55. The molecule has 0 atom stereocenters. The summed E-state index contributed by atoms with van der Waals surface area (Å²) in [6.45, 7) is 0.696. The van der Waals surface area contributed by atoms with E-state index in [0.717, 1.165) is 28.5 Å². The van der Waals surface area contributed by atoms with Crippen LogP contribution >= 0.6 is 0 Å². The van der Waals surface area contributed by atoms with E-state index in [-0.39, 0.29) is 6.61 Å². The van der Waals surface area contributed by atoms with Crippen molar-refractivity contribution in [2.75, 3.05) is 13.7 Å². The molecular weight excluding hydrogens is 394 g/mol. The second kappa shape index (κ2) is 11.2. The zero-order valence-corrected chi connectivity index (χ0v) is 17.1. The van der Waals surface area contributed by atoms with E-state index in [1.807, 2.05) is 54.6 Å². The number of carboxylic acid groups (broad SMARTS) is 1. The van der Waals surface area contributed by atoms with E-state index in [2.05, 4.69) is 5.16 Å². The fourth-order valence-corrected chi connectivity index (χ4v) is 2.75. The molecule has 0 aromatic heterocycles. The van der Waals surface area contributed by atoms with Crippen LogP contribution in [0, 0.1) is 0 Å². The van der Waals surface area contributed by atoms with Crippen LogP contribution in [0.5, 0.6) is 11.5 Å². The number of ether oxygens (including phenoxy) is 2. The van der Waals surface area contributed by atoms with Crippen molar-refractivity contribution >= 4 is 17.8 Å². The van der Waals surface area contributed by atoms with Crippen molar-refractivity contribution in [2.45, 2.75) is 6.61 Å². The predicted octanol–water partition coefficient (Wildman–Crippen LogP) is 4.79. The van der Waals surface area contributed by atoms with Gasteiger partial charge in [0.15, 0.2) is 0 Å². The van der Waals surface area contributed by atoms with Gasteiger partial charge in [-0.25, -0.2) is 4.79 Å². The molecule has 0 aliphatic heterocycles. The smallest absolute Gasteiger partial charge is 0.328 e. The van der Waals surface area contributed by atoms with Gasteiger partial charge in [0.2, 0.25) is 0 Å². The first-order chi connectivity index (χ1) is 15.1. The van der Waals surface area contributed by atoms with Gasteiger partial charge in [-0.15, -0.1) is 0 Å². The SMILES string of the molecule is CO/N=C(\COc1ccc(COc2ccc(/C=C/C(=O)O)cc2)cc1)c1ccccc1. The molecule has 0 amide bonds. The van der Waals surface area contributed by atoms with Gasteiger partial charge in [0, 0.05) is 11.6 Å². The first kappa shape index (κ1) is 21.6. The molecule has 0 saturated heterocycles. The number of carboxylic acids is 1. The van der Waals surface area contributed by atoms with Gasteiger partial charge in [0.1, 0.15) is 37.5 Å². The average molecular weight is 417 g/mol. The monoisotopic (exact) mass is 417 g/mol. The second-order valence-corrected chi connectivity index (χ2v) is 6.55. The molecule has 0 saturated carbocycles. The molecule has 0 heterocycles. The van der Waals surface area contributed by atoms with Gasteiger partial charge in [-0.1, -0.05) is 59.8 Å². The lowest BCUT2D eigenvalue weighted by Gasteiger charge is -2.10. The van der Waals surface area contributed by atoms with E-state index in [0.29, 0.717) is 18.1 Å². The van der Waals surface area contributed by atoms with Crippen molar-refractivity contribution in [2.24, 2.45) is 5.16 Å². The number of hydrogen-bond donors (Lipinski definition) is 1. The van der Waals surface area contributed by atoms with Crippen molar-refractivity contribution in [3.63, 3.8) is 0 Å². The van der Waals surface area contributed by atoms with Crippen LogP contribution in [0.15, 0.2) is 90.1 Å². The third kappa shape index (κ3) is 7.04. The van der Waals surface area contributed by atoms with Gasteiger partial charge < -0.3 is 19.4 Å². The first-order valence-electron chi connectivity index (χ1n) is 9.65. The molecule has 0 aliphatic rings. The molecule has 3 aromatic rings. The summed E-state index contributed by atoms with van der Waals surface area (Å²) >= 11 is 0. The Morgan fingerprint density at radius 3 is 2.19 bits per heavy atom. The Morgan fingerprint density at radius 2 is 1.55 bits per heavy atom. The van der Waals surface area contributed by atoms with Crippen LogP contribution in [0.25, 0.3) is 6.08 Å². The predicted molar refractivity (Wildman–Crippen MR) is 119 cm³/mol. The fraction of sp³-hybridized carbons (Fsp3) is 0.120. The number of hydrogen-bond acceptors (Lipinski definition) is 5. The van der Waals surface area contributed by atoms with Gasteiger partial charge in [0.25, 0.3) is 0 Å². The van der Waals surface area contributed by atoms with Crippen LogP contribution in [0.4, 0.5) is 0 Å². The van der Waals surface area contributed by atoms with Gasteiger partial charge >= 0.3 is 5.97 Å². The highest BCUT2D eigenvalue weighted by atomic mass is 16.6. The van der Waals surface area contributed by atoms with Crippen LogP contribution in [-0.4, -0.2) is 30.5 Å². The summed E-state index contributed by atoms with van der Waals surface area (Å²) < 4.78 is 11.6.